The molecule has 0 aliphatic carbocycles. The number of hydrogen-bond acceptors (Lipinski definition) is 4. The number of rotatable bonds is 4. The molecule has 0 radical (unpaired) electrons. The highest BCUT2D eigenvalue weighted by Gasteiger charge is 2.31. The molecule has 0 spiro atoms. The molecule has 3 saturated heterocycles. The molecular weight excluding hydrogens is 282 g/mol. The van der Waals surface area contributed by atoms with Gasteiger partial charge in [0.15, 0.2) is 0 Å². The number of carbonyl (C=O) groups is 1. The van der Waals surface area contributed by atoms with Crippen LogP contribution in [0.1, 0.15) is 39.0 Å². The smallest absolute Gasteiger partial charge is 0.237 e. The summed E-state index contributed by atoms with van der Waals surface area (Å²) in [6.07, 6.45) is 6.03. The van der Waals surface area contributed by atoms with Crippen molar-refractivity contribution in [1.29, 1.82) is 0 Å². The number of likely N-dealkylation sites (tertiary alicyclic amines) is 1. The highest BCUT2D eigenvalue weighted by Crippen LogP contribution is 2.31. The van der Waals surface area contributed by atoms with Gasteiger partial charge in [-0.2, -0.15) is 11.8 Å². The van der Waals surface area contributed by atoms with Gasteiger partial charge in [0, 0.05) is 30.1 Å². The van der Waals surface area contributed by atoms with E-state index in [1.54, 1.807) is 0 Å². The maximum Gasteiger partial charge on any atom is 0.237 e. The Kier molecular flexibility index (Phi) is 5.46. The topological polar surface area (TPSA) is 44.4 Å². The number of thioether (sulfide) groups is 1. The second-order valence-electron chi connectivity index (χ2n) is 6.93. The van der Waals surface area contributed by atoms with Gasteiger partial charge in [-0.05, 0) is 51.1 Å². The molecule has 0 aromatic heterocycles. The summed E-state index contributed by atoms with van der Waals surface area (Å²) in [4.78, 5) is 14.8. The molecule has 1 amide bonds. The summed E-state index contributed by atoms with van der Waals surface area (Å²) >= 11 is 2.12. The van der Waals surface area contributed by atoms with Gasteiger partial charge in [0.1, 0.15) is 0 Å². The molecule has 3 aliphatic rings. The molecule has 120 valence electrons. The highest BCUT2D eigenvalue weighted by atomic mass is 32.2. The summed E-state index contributed by atoms with van der Waals surface area (Å²) in [7, 11) is 0. The lowest BCUT2D eigenvalue weighted by atomic mass is 9.96. The van der Waals surface area contributed by atoms with E-state index in [-0.39, 0.29) is 11.9 Å². The maximum absolute atomic E-state index is 12.1. The predicted molar refractivity (Wildman–Crippen MR) is 88.7 cm³/mol. The lowest BCUT2D eigenvalue weighted by Crippen LogP contribution is -2.48. The summed E-state index contributed by atoms with van der Waals surface area (Å²) in [5.41, 5.74) is 0. The molecule has 5 heteroatoms. The van der Waals surface area contributed by atoms with Crippen LogP contribution in [-0.2, 0) is 4.79 Å². The van der Waals surface area contributed by atoms with Crippen LogP contribution in [0.2, 0.25) is 0 Å². The predicted octanol–water partition coefficient (Wildman–Crippen LogP) is 1.46. The largest absolute Gasteiger partial charge is 0.354 e. The molecule has 3 heterocycles. The van der Waals surface area contributed by atoms with Crippen molar-refractivity contribution in [3.8, 4) is 0 Å². The van der Waals surface area contributed by atoms with E-state index in [0.29, 0.717) is 5.92 Å². The van der Waals surface area contributed by atoms with E-state index in [1.165, 1.54) is 38.1 Å². The molecule has 0 saturated carbocycles. The Balaban J connectivity index is 1.42. The minimum absolute atomic E-state index is 0.0665. The minimum atomic E-state index is 0.0665. The fourth-order valence-electron chi connectivity index (χ4n) is 3.92. The zero-order valence-electron chi connectivity index (χ0n) is 13.1. The van der Waals surface area contributed by atoms with Crippen molar-refractivity contribution < 1.29 is 4.79 Å². The van der Waals surface area contributed by atoms with Gasteiger partial charge < -0.3 is 10.6 Å². The second kappa shape index (κ2) is 7.34. The number of piperidine rings is 1. The quantitative estimate of drug-likeness (QED) is 0.825. The zero-order chi connectivity index (χ0) is 14.7. The van der Waals surface area contributed by atoms with Crippen molar-refractivity contribution in [2.24, 2.45) is 5.92 Å². The Morgan fingerprint density at radius 3 is 3.00 bits per heavy atom. The first-order chi connectivity index (χ1) is 10.2. The summed E-state index contributed by atoms with van der Waals surface area (Å²) < 4.78 is 0. The number of nitrogens with one attached hydrogen (secondary N) is 2. The van der Waals surface area contributed by atoms with Gasteiger partial charge in [0.2, 0.25) is 5.91 Å². The first-order valence-corrected chi connectivity index (χ1v) is 9.64. The van der Waals surface area contributed by atoms with Crippen LogP contribution in [0.15, 0.2) is 0 Å². The molecular formula is C16H29N3OS. The van der Waals surface area contributed by atoms with Gasteiger partial charge in [-0.25, -0.2) is 0 Å². The first kappa shape index (κ1) is 15.6. The molecule has 0 aromatic rings. The first-order valence-electron chi connectivity index (χ1n) is 8.59. The average molecular weight is 311 g/mol. The molecule has 0 aromatic carbocycles. The Labute approximate surface area is 132 Å². The molecule has 3 fully saturated rings. The summed E-state index contributed by atoms with van der Waals surface area (Å²) in [5, 5.41) is 7.28. The normalized spacial score (nSPS) is 37.8. The number of carbonyl (C=O) groups excluding carboxylic acids is 1. The van der Waals surface area contributed by atoms with Gasteiger partial charge in [0.25, 0.3) is 0 Å². The molecule has 21 heavy (non-hydrogen) atoms. The van der Waals surface area contributed by atoms with E-state index < -0.39 is 0 Å². The Hall–Kier alpha value is -0.260. The van der Waals surface area contributed by atoms with E-state index >= 15 is 0 Å². The van der Waals surface area contributed by atoms with E-state index in [1.807, 2.05) is 0 Å². The van der Waals surface area contributed by atoms with Crippen LogP contribution in [0.4, 0.5) is 0 Å². The highest BCUT2D eigenvalue weighted by molar-refractivity contribution is 8.00. The number of hydrogen-bond donors (Lipinski definition) is 2. The molecule has 3 rings (SSSR count). The van der Waals surface area contributed by atoms with Crippen molar-refractivity contribution in [3.05, 3.63) is 0 Å². The van der Waals surface area contributed by atoms with Crippen molar-refractivity contribution in [2.45, 2.75) is 56.4 Å². The summed E-state index contributed by atoms with van der Waals surface area (Å²) in [6, 6.07) is 0.844. The summed E-state index contributed by atoms with van der Waals surface area (Å²) in [5.74, 6) is 2.16. The van der Waals surface area contributed by atoms with E-state index in [9.17, 15) is 4.79 Å². The summed E-state index contributed by atoms with van der Waals surface area (Å²) in [6.45, 7) is 6.64. The van der Waals surface area contributed by atoms with Crippen molar-refractivity contribution in [2.75, 3.05) is 31.9 Å². The van der Waals surface area contributed by atoms with Crippen LogP contribution in [0.5, 0.6) is 0 Å². The van der Waals surface area contributed by atoms with Crippen LogP contribution >= 0.6 is 11.8 Å². The average Bonchev–Trinajstić information content (AvgIpc) is 3.16. The maximum atomic E-state index is 12.1. The molecule has 2 N–H and O–H groups in total. The van der Waals surface area contributed by atoms with E-state index in [0.717, 1.165) is 37.2 Å². The third-order valence-electron chi connectivity index (χ3n) is 5.19. The van der Waals surface area contributed by atoms with Crippen LogP contribution in [0.3, 0.4) is 0 Å². The zero-order valence-corrected chi connectivity index (χ0v) is 14.0. The monoisotopic (exact) mass is 311 g/mol. The Morgan fingerprint density at radius 1 is 1.38 bits per heavy atom. The van der Waals surface area contributed by atoms with Crippen LogP contribution in [0, 0.1) is 5.92 Å². The van der Waals surface area contributed by atoms with Crippen LogP contribution in [-0.4, -0.2) is 60.1 Å². The van der Waals surface area contributed by atoms with Gasteiger partial charge in [-0.15, -0.1) is 0 Å². The molecule has 0 bridgehead atoms. The van der Waals surface area contributed by atoms with Gasteiger partial charge in [-0.1, -0.05) is 6.92 Å². The molecule has 4 nitrogen and oxygen atoms in total. The van der Waals surface area contributed by atoms with E-state index in [4.69, 9.17) is 0 Å². The third kappa shape index (κ3) is 4.14. The standard InChI is InChI=1S/C16H29N3OS/c1-12-8-14(11-21-12)19-7-3-4-13(10-19)9-18-16(20)15-5-2-6-17-15/h12-15,17H,2-11H2,1H3,(H,18,20). The SMILES string of the molecule is CC1CC(N2CCCC(CNC(=O)C3CCCN3)C2)CS1. The van der Waals surface area contributed by atoms with Gasteiger partial charge in [0.05, 0.1) is 6.04 Å². The Morgan fingerprint density at radius 2 is 2.29 bits per heavy atom. The minimum Gasteiger partial charge on any atom is -0.354 e. The lowest BCUT2D eigenvalue weighted by Gasteiger charge is -2.36. The van der Waals surface area contributed by atoms with Crippen LogP contribution in [0.25, 0.3) is 0 Å². The second-order valence-corrected chi connectivity index (χ2v) is 8.40. The Bertz CT molecular complexity index is 359. The van der Waals surface area contributed by atoms with Crippen molar-refractivity contribution in [3.63, 3.8) is 0 Å². The van der Waals surface area contributed by atoms with Crippen molar-refractivity contribution in [1.82, 2.24) is 15.5 Å². The molecule has 4 unspecified atom stereocenters. The fraction of sp³-hybridized carbons (Fsp3) is 0.938. The van der Waals surface area contributed by atoms with Gasteiger partial charge >= 0.3 is 0 Å². The third-order valence-corrected chi connectivity index (χ3v) is 6.52. The van der Waals surface area contributed by atoms with Crippen molar-refractivity contribution >= 4 is 17.7 Å². The fourth-order valence-corrected chi connectivity index (χ4v) is 5.18. The van der Waals surface area contributed by atoms with E-state index in [2.05, 4.69) is 34.2 Å². The number of nitrogens with zero attached hydrogens (tertiary/aromatic N) is 1. The number of amides is 1. The van der Waals surface area contributed by atoms with Gasteiger partial charge in [-0.3, -0.25) is 9.69 Å². The molecule has 4 atom stereocenters. The lowest BCUT2D eigenvalue weighted by molar-refractivity contribution is -0.123. The molecule has 3 aliphatic heterocycles. The van der Waals surface area contributed by atoms with Crippen LogP contribution < -0.4 is 10.6 Å².